The van der Waals surface area contributed by atoms with Crippen LogP contribution in [0.25, 0.3) is 0 Å². The van der Waals surface area contributed by atoms with Gasteiger partial charge < -0.3 is 10.6 Å². The molecule has 8 heteroatoms. The lowest BCUT2D eigenvalue weighted by molar-refractivity contribution is 0.102. The average molecular weight is 360 g/mol. The zero-order valence-corrected chi connectivity index (χ0v) is 14.9. The van der Waals surface area contributed by atoms with Crippen molar-refractivity contribution in [3.05, 3.63) is 47.4 Å². The molecule has 0 spiro atoms. The topological polar surface area (TPSA) is 101 Å². The number of aryl methyl sites for hydroxylation is 2. The third kappa shape index (κ3) is 4.33. The van der Waals surface area contributed by atoms with E-state index >= 15 is 0 Å². The molecule has 2 N–H and O–H groups in total. The third-order valence-electron chi connectivity index (χ3n) is 4.10. The molecule has 0 radical (unpaired) electrons. The molecule has 7 nitrogen and oxygen atoms in total. The van der Waals surface area contributed by atoms with Crippen LogP contribution in [-0.2, 0) is 9.84 Å². The molecule has 0 saturated carbocycles. The van der Waals surface area contributed by atoms with Gasteiger partial charge in [0.15, 0.2) is 9.84 Å². The van der Waals surface area contributed by atoms with E-state index in [-0.39, 0.29) is 29.1 Å². The van der Waals surface area contributed by atoms with Gasteiger partial charge in [-0.05, 0) is 31.9 Å². The minimum Gasteiger partial charge on any atom is -0.365 e. The van der Waals surface area contributed by atoms with Crippen LogP contribution < -0.4 is 10.6 Å². The van der Waals surface area contributed by atoms with E-state index in [4.69, 9.17) is 0 Å². The lowest BCUT2D eigenvalue weighted by Gasteiger charge is -2.12. The Labute approximate surface area is 146 Å². The van der Waals surface area contributed by atoms with Gasteiger partial charge in [0.1, 0.15) is 11.5 Å². The summed E-state index contributed by atoms with van der Waals surface area (Å²) in [6.07, 6.45) is 3.38. The number of aromatic nitrogens is 2. The van der Waals surface area contributed by atoms with Crippen molar-refractivity contribution in [1.82, 2.24) is 9.97 Å². The number of benzene rings is 1. The highest BCUT2D eigenvalue weighted by atomic mass is 32.2. The van der Waals surface area contributed by atoms with Crippen molar-refractivity contribution in [1.29, 1.82) is 0 Å². The zero-order valence-electron chi connectivity index (χ0n) is 14.1. The summed E-state index contributed by atoms with van der Waals surface area (Å²) in [6, 6.07) is 5.61. The van der Waals surface area contributed by atoms with Crippen molar-refractivity contribution < 1.29 is 13.2 Å². The lowest BCUT2D eigenvalue weighted by atomic mass is 10.1. The Morgan fingerprint density at radius 2 is 2.00 bits per heavy atom. The minimum atomic E-state index is -2.95. The van der Waals surface area contributed by atoms with E-state index in [0.717, 1.165) is 16.8 Å². The summed E-state index contributed by atoms with van der Waals surface area (Å²) in [5.41, 5.74) is 3.03. The molecule has 25 heavy (non-hydrogen) atoms. The predicted molar refractivity (Wildman–Crippen MR) is 96.6 cm³/mol. The second-order valence-electron chi connectivity index (χ2n) is 6.30. The second kappa shape index (κ2) is 6.79. The summed E-state index contributed by atoms with van der Waals surface area (Å²) in [5.74, 6) is 0.414. The van der Waals surface area contributed by atoms with E-state index in [2.05, 4.69) is 20.6 Å². The van der Waals surface area contributed by atoms with E-state index in [1.165, 1.54) is 12.4 Å². The maximum Gasteiger partial charge on any atom is 0.275 e. The normalized spacial score (nSPS) is 18.7. The van der Waals surface area contributed by atoms with Gasteiger partial charge in [-0.3, -0.25) is 4.79 Å². The highest BCUT2D eigenvalue weighted by molar-refractivity contribution is 7.91. The van der Waals surface area contributed by atoms with Crippen molar-refractivity contribution >= 4 is 27.2 Å². The number of nitrogens with one attached hydrogen (secondary N) is 2. The molecule has 1 aromatic heterocycles. The van der Waals surface area contributed by atoms with Gasteiger partial charge in [-0.25, -0.2) is 18.4 Å². The molecule has 1 amide bonds. The van der Waals surface area contributed by atoms with E-state index in [0.29, 0.717) is 12.2 Å². The quantitative estimate of drug-likeness (QED) is 0.864. The monoisotopic (exact) mass is 360 g/mol. The number of rotatable bonds is 4. The van der Waals surface area contributed by atoms with Crippen molar-refractivity contribution in [3.8, 4) is 0 Å². The van der Waals surface area contributed by atoms with Crippen molar-refractivity contribution in [2.75, 3.05) is 22.1 Å². The molecular formula is C17H20N4O3S. The van der Waals surface area contributed by atoms with Crippen LogP contribution in [0.4, 0.5) is 11.5 Å². The van der Waals surface area contributed by atoms with Crippen molar-refractivity contribution in [2.45, 2.75) is 26.3 Å². The molecule has 1 unspecified atom stereocenters. The van der Waals surface area contributed by atoms with Crippen LogP contribution in [0.3, 0.4) is 0 Å². The fraction of sp³-hybridized carbons (Fsp3) is 0.353. The first-order valence-corrected chi connectivity index (χ1v) is 9.82. The number of carbonyl (C=O) groups is 1. The number of sulfone groups is 1. The summed E-state index contributed by atoms with van der Waals surface area (Å²) in [6.45, 7) is 3.92. The van der Waals surface area contributed by atoms with Crippen molar-refractivity contribution in [2.24, 2.45) is 0 Å². The molecule has 1 aliphatic rings. The molecule has 1 atom stereocenters. The molecule has 1 aromatic carbocycles. The summed E-state index contributed by atoms with van der Waals surface area (Å²) in [4.78, 5) is 20.6. The standard InChI is InChI=1S/C17H20N4O3S/c1-11-3-4-14(12(2)7-11)21-17(22)15-8-19-16(9-18-15)20-13-5-6-25(23,24)10-13/h3-4,7-9,13H,5-6,10H2,1-2H3,(H,19,20)(H,21,22). The van der Waals surface area contributed by atoms with E-state index in [1.807, 2.05) is 32.0 Å². The first kappa shape index (κ1) is 17.3. The molecule has 2 aromatic rings. The Morgan fingerprint density at radius 1 is 1.20 bits per heavy atom. The predicted octanol–water partition coefficient (Wildman–Crippen LogP) is 1.94. The van der Waals surface area contributed by atoms with Gasteiger partial charge in [-0.15, -0.1) is 0 Å². The molecule has 0 aliphatic carbocycles. The Morgan fingerprint density at radius 3 is 2.60 bits per heavy atom. The number of amides is 1. The van der Waals surface area contributed by atoms with E-state index < -0.39 is 9.84 Å². The van der Waals surface area contributed by atoms with Crippen LogP contribution in [0.1, 0.15) is 28.0 Å². The van der Waals surface area contributed by atoms with Gasteiger partial charge in [0, 0.05) is 11.7 Å². The molecule has 1 saturated heterocycles. The van der Waals surface area contributed by atoms with Crippen LogP contribution >= 0.6 is 0 Å². The highest BCUT2D eigenvalue weighted by Crippen LogP contribution is 2.18. The first-order valence-electron chi connectivity index (χ1n) is 8.00. The van der Waals surface area contributed by atoms with Crippen LogP contribution in [0.2, 0.25) is 0 Å². The Kier molecular flexibility index (Phi) is 4.71. The summed E-state index contributed by atoms with van der Waals surface area (Å²) in [5, 5.41) is 5.86. The molecule has 3 rings (SSSR count). The van der Waals surface area contributed by atoms with Crippen LogP contribution in [0.15, 0.2) is 30.6 Å². The Balaban J connectivity index is 1.64. The number of carbonyl (C=O) groups excluding carboxylic acids is 1. The van der Waals surface area contributed by atoms with Crippen molar-refractivity contribution in [3.63, 3.8) is 0 Å². The summed E-state index contributed by atoms with van der Waals surface area (Å²) < 4.78 is 22.9. The minimum absolute atomic E-state index is 0.101. The Hall–Kier alpha value is -2.48. The smallest absolute Gasteiger partial charge is 0.275 e. The fourth-order valence-corrected chi connectivity index (χ4v) is 4.45. The van der Waals surface area contributed by atoms with E-state index in [1.54, 1.807) is 0 Å². The fourth-order valence-electron chi connectivity index (χ4n) is 2.78. The number of hydrogen-bond acceptors (Lipinski definition) is 6. The van der Waals surface area contributed by atoms with Gasteiger partial charge >= 0.3 is 0 Å². The molecular weight excluding hydrogens is 340 g/mol. The number of anilines is 2. The van der Waals surface area contributed by atoms with Gasteiger partial charge in [0.25, 0.3) is 5.91 Å². The zero-order chi connectivity index (χ0) is 18.0. The lowest BCUT2D eigenvalue weighted by Crippen LogP contribution is -2.22. The van der Waals surface area contributed by atoms with Crippen LogP contribution in [0.5, 0.6) is 0 Å². The SMILES string of the molecule is Cc1ccc(NC(=O)c2cnc(NC3CCS(=O)(=O)C3)cn2)c(C)c1. The second-order valence-corrected chi connectivity index (χ2v) is 8.53. The largest absolute Gasteiger partial charge is 0.365 e. The van der Waals surface area contributed by atoms with Gasteiger partial charge in [-0.1, -0.05) is 17.7 Å². The Bertz CT molecular complexity index is 895. The van der Waals surface area contributed by atoms with Gasteiger partial charge in [0.2, 0.25) is 0 Å². The molecule has 1 fully saturated rings. The van der Waals surface area contributed by atoms with Gasteiger partial charge in [0.05, 0.1) is 23.9 Å². The molecule has 2 heterocycles. The van der Waals surface area contributed by atoms with Crippen LogP contribution in [-0.4, -0.2) is 41.8 Å². The average Bonchev–Trinajstić information content (AvgIpc) is 2.89. The number of hydrogen-bond donors (Lipinski definition) is 2. The molecule has 132 valence electrons. The molecule has 0 bridgehead atoms. The van der Waals surface area contributed by atoms with Crippen LogP contribution in [0, 0.1) is 13.8 Å². The third-order valence-corrected chi connectivity index (χ3v) is 5.87. The summed E-state index contributed by atoms with van der Waals surface area (Å²) in [7, 11) is -2.95. The first-order chi connectivity index (χ1) is 11.8. The maximum absolute atomic E-state index is 12.3. The number of nitrogens with zero attached hydrogens (tertiary/aromatic N) is 2. The summed E-state index contributed by atoms with van der Waals surface area (Å²) >= 11 is 0. The highest BCUT2D eigenvalue weighted by Gasteiger charge is 2.28. The van der Waals surface area contributed by atoms with Gasteiger partial charge in [-0.2, -0.15) is 0 Å². The molecule has 1 aliphatic heterocycles. The maximum atomic E-state index is 12.3. The van der Waals surface area contributed by atoms with E-state index in [9.17, 15) is 13.2 Å².